The highest BCUT2D eigenvalue weighted by atomic mass is 16.1. The Morgan fingerprint density at radius 1 is 1.38 bits per heavy atom. The molecule has 0 amide bonds. The molecule has 0 aromatic carbocycles. The molecular weight excluding hydrogens is 160 g/mol. The predicted molar refractivity (Wildman–Crippen MR) is 55.6 cm³/mol. The molecule has 1 rings (SSSR count). The second kappa shape index (κ2) is 3.65. The number of hydrogen-bond acceptors (Lipinski definition) is 1. The minimum absolute atomic E-state index is 0.253. The molecule has 0 bridgehead atoms. The van der Waals surface area contributed by atoms with Crippen LogP contribution in [0.5, 0.6) is 0 Å². The molecule has 74 valence electrons. The summed E-state index contributed by atoms with van der Waals surface area (Å²) in [5, 5.41) is 0. The van der Waals surface area contributed by atoms with Crippen molar-refractivity contribution < 1.29 is 4.79 Å². The van der Waals surface area contributed by atoms with Gasteiger partial charge in [-0.2, -0.15) is 0 Å². The molecule has 0 aromatic heterocycles. The number of hydrogen-bond donors (Lipinski definition) is 0. The van der Waals surface area contributed by atoms with Crippen molar-refractivity contribution in [3.05, 3.63) is 12.2 Å². The zero-order valence-corrected chi connectivity index (χ0v) is 8.97. The van der Waals surface area contributed by atoms with E-state index >= 15 is 0 Å². The third-order valence-corrected chi connectivity index (χ3v) is 2.91. The summed E-state index contributed by atoms with van der Waals surface area (Å²) in [6.45, 7) is 6.86. The van der Waals surface area contributed by atoms with E-state index in [0.29, 0.717) is 11.8 Å². The highest BCUT2D eigenvalue weighted by Crippen LogP contribution is 2.44. The molecule has 0 heterocycles. The standard InChI is InChI=1S/C12H20O/c1-11(2)6-4-7-12(3,10-11)8-5-9-13/h4,7,9H,5-6,8,10H2,1-3H3. The Hall–Kier alpha value is -0.590. The topological polar surface area (TPSA) is 17.1 Å². The van der Waals surface area contributed by atoms with E-state index < -0.39 is 0 Å². The summed E-state index contributed by atoms with van der Waals surface area (Å²) in [4.78, 5) is 10.3. The Labute approximate surface area is 81.2 Å². The minimum Gasteiger partial charge on any atom is -0.303 e. The van der Waals surface area contributed by atoms with Gasteiger partial charge in [-0.3, -0.25) is 0 Å². The van der Waals surface area contributed by atoms with Gasteiger partial charge in [-0.1, -0.05) is 32.9 Å². The van der Waals surface area contributed by atoms with Crippen molar-refractivity contribution in [2.24, 2.45) is 10.8 Å². The molecule has 0 radical (unpaired) electrons. The molecule has 0 fully saturated rings. The van der Waals surface area contributed by atoms with Gasteiger partial charge < -0.3 is 4.79 Å². The first-order valence-corrected chi connectivity index (χ1v) is 5.09. The van der Waals surface area contributed by atoms with Crippen LogP contribution in [-0.4, -0.2) is 6.29 Å². The Balaban J connectivity index is 2.63. The lowest BCUT2D eigenvalue weighted by molar-refractivity contribution is -0.108. The lowest BCUT2D eigenvalue weighted by atomic mass is 9.67. The molecule has 0 N–H and O–H groups in total. The first-order chi connectivity index (χ1) is 5.97. The molecule has 1 nitrogen and oxygen atoms in total. The van der Waals surface area contributed by atoms with Crippen molar-refractivity contribution >= 4 is 6.29 Å². The number of carbonyl (C=O) groups excluding carboxylic acids is 1. The lowest BCUT2D eigenvalue weighted by Crippen LogP contribution is -2.27. The van der Waals surface area contributed by atoms with Crippen LogP contribution in [0.1, 0.15) is 46.5 Å². The van der Waals surface area contributed by atoms with Crippen LogP contribution in [0.4, 0.5) is 0 Å². The van der Waals surface area contributed by atoms with Crippen LogP contribution in [0.15, 0.2) is 12.2 Å². The smallest absolute Gasteiger partial charge is 0.120 e. The molecule has 1 atom stereocenters. The second-order valence-electron chi connectivity index (χ2n) is 5.31. The molecule has 0 saturated carbocycles. The van der Waals surface area contributed by atoms with Crippen molar-refractivity contribution in [1.82, 2.24) is 0 Å². The monoisotopic (exact) mass is 180 g/mol. The highest BCUT2D eigenvalue weighted by Gasteiger charge is 2.32. The average molecular weight is 180 g/mol. The zero-order chi connectivity index (χ0) is 9.95. The summed E-state index contributed by atoms with van der Waals surface area (Å²) >= 11 is 0. The van der Waals surface area contributed by atoms with Gasteiger partial charge in [-0.25, -0.2) is 0 Å². The van der Waals surface area contributed by atoms with Crippen molar-refractivity contribution in [2.45, 2.75) is 46.5 Å². The van der Waals surface area contributed by atoms with Crippen LogP contribution >= 0.6 is 0 Å². The molecular formula is C12H20O. The maximum atomic E-state index is 10.3. The van der Waals surface area contributed by atoms with Crippen molar-refractivity contribution in [2.75, 3.05) is 0 Å². The lowest BCUT2D eigenvalue weighted by Gasteiger charge is -2.38. The number of carbonyl (C=O) groups is 1. The Morgan fingerprint density at radius 2 is 2.08 bits per heavy atom. The van der Waals surface area contributed by atoms with Crippen molar-refractivity contribution in [3.8, 4) is 0 Å². The molecule has 0 aliphatic heterocycles. The van der Waals surface area contributed by atoms with Gasteiger partial charge in [0.15, 0.2) is 0 Å². The highest BCUT2D eigenvalue weighted by molar-refractivity contribution is 5.49. The van der Waals surface area contributed by atoms with Crippen LogP contribution < -0.4 is 0 Å². The number of aldehydes is 1. The van der Waals surface area contributed by atoms with Crippen molar-refractivity contribution in [1.29, 1.82) is 0 Å². The van der Waals surface area contributed by atoms with E-state index in [9.17, 15) is 4.79 Å². The van der Waals surface area contributed by atoms with Gasteiger partial charge in [0, 0.05) is 6.42 Å². The van der Waals surface area contributed by atoms with Gasteiger partial charge >= 0.3 is 0 Å². The Bertz CT molecular complexity index is 215. The van der Waals surface area contributed by atoms with Crippen LogP contribution in [-0.2, 0) is 4.79 Å². The summed E-state index contributed by atoms with van der Waals surface area (Å²) in [5.41, 5.74) is 0.662. The Kier molecular flexibility index (Phi) is 2.94. The third kappa shape index (κ3) is 2.98. The van der Waals surface area contributed by atoms with Crippen LogP contribution in [0.3, 0.4) is 0 Å². The summed E-state index contributed by atoms with van der Waals surface area (Å²) in [6, 6.07) is 0. The second-order valence-corrected chi connectivity index (χ2v) is 5.31. The van der Waals surface area contributed by atoms with Crippen LogP contribution in [0.2, 0.25) is 0 Å². The normalized spacial score (nSPS) is 31.6. The zero-order valence-electron chi connectivity index (χ0n) is 8.97. The first-order valence-electron chi connectivity index (χ1n) is 5.09. The van der Waals surface area contributed by atoms with Crippen LogP contribution in [0, 0.1) is 10.8 Å². The Morgan fingerprint density at radius 3 is 2.62 bits per heavy atom. The third-order valence-electron chi connectivity index (χ3n) is 2.91. The van der Waals surface area contributed by atoms with Gasteiger partial charge in [0.25, 0.3) is 0 Å². The van der Waals surface area contributed by atoms with Crippen molar-refractivity contribution in [3.63, 3.8) is 0 Å². The molecule has 0 saturated heterocycles. The fraction of sp³-hybridized carbons (Fsp3) is 0.750. The maximum Gasteiger partial charge on any atom is 0.120 e. The number of allylic oxidation sites excluding steroid dienone is 2. The summed E-state index contributed by atoms with van der Waals surface area (Å²) in [5.74, 6) is 0. The number of rotatable bonds is 3. The van der Waals surface area contributed by atoms with E-state index in [-0.39, 0.29) is 5.41 Å². The quantitative estimate of drug-likeness (QED) is 0.481. The molecule has 0 spiro atoms. The van der Waals surface area contributed by atoms with Gasteiger partial charge in [0.05, 0.1) is 0 Å². The van der Waals surface area contributed by atoms with E-state index in [0.717, 1.165) is 12.7 Å². The van der Waals surface area contributed by atoms with Gasteiger partial charge in [-0.15, -0.1) is 0 Å². The molecule has 1 aliphatic rings. The largest absolute Gasteiger partial charge is 0.303 e. The predicted octanol–water partition coefficient (Wildman–Crippen LogP) is 3.35. The fourth-order valence-corrected chi connectivity index (χ4v) is 2.45. The minimum atomic E-state index is 0.253. The molecule has 1 heteroatoms. The van der Waals surface area contributed by atoms with E-state index in [1.807, 2.05) is 0 Å². The van der Waals surface area contributed by atoms with E-state index in [4.69, 9.17) is 0 Å². The average Bonchev–Trinajstić information content (AvgIpc) is 1.98. The van der Waals surface area contributed by atoms with E-state index in [2.05, 4.69) is 32.9 Å². The SMILES string of the molecule is CC1(C)CC=CC(C)(CCC=O)C1. The summed E-state index contributed by atoms with van der Waals surface area (Å²) in [7, 11) is 0. The summed E-state index contributed by atoms with van der Waals surface area (Å²) < 4.78 is 0. The first kappa shape index (κ1) is 10.5. The van der Waals surface area contributed by atoms with E-state index in [1.54, 1.807) is 0 Å². The van der Waals surface area contributed by atoms with Gasteiger partial charge in [0.2, 0.25) is 0 Å². The maximum absolute atomic E-state index is 10.3. The van der Waals surface area contributed by atoms with Crippen LogP contribution in [0.25, 0.3) is 0 Å². The molecule has 1 aliphatic carbocycles. The molecule has 0 aromatic rings. The fourth-order valence-electron chi connectivity index (χ4n) is 2.45. The molecule has 1 unspecified atom stereocenters. The summed E-state index contributed by atoms with van der Waals surface area (Å²) in [6.07, 6.45) is 9.65. The molecule has 13 heavy (non-hydrogen) atoms. The van der Waals surface area contributed by atoms with Gasteiger partial charge in [-0.05, 0) is 30.1 Å². The van der Waals surface area contributed by atoms with Gasteiger partial charge in [0.1, 0.15) is 6.29 Å². The van der Waals surface area contributed by atoms with E-state index in [1.165, 1.54) is 12.8 Å².